The molecule has 3 rings (SSSR count). The maximum Gasteiger partial charge on any atom is 0.343 e. The molecule has 2 aromatic heterocycles. The van der Waals surface area contributed by atoms with Crippen LogP contribution >= 0.6 is 0 Å². The zero-order valence-electron chi connectivity index (χ0n) is 16.0. The van der Waals surface area contributed by atoms with Gasteiger partial charge in [-0.3, -0.25) is 9.59 Å². The van der Waals surface area contributed by atoms with E-state index < -0.39 is 17.8 Å². The summed E-state index contributed by atoms with van der Waals surface area (Å²) in [5.41, 5.74) is 0.828. The predicted molar refractivity (Wildman–Crippen MR) is 105 cm³/mol. The van der Waals surface area contributed by atoms with Gasteiger partial charge in [0.05, 0.1) is 31.9 Å². The Hall–Kier alpha value is -3.75. The number of aromatic nitrogens is 3. The Balaban J connectivity index is 1.96. The summed E-state index contributed by atoms with van der Waals surface area (Å²) in [5.74, 6) is -1.05. The van der Waals surface area contributed by atoms with Crippen LogP contribution in [0.5, 0.6) is 0 Å². The van der Waals surface area contributed by atoms with Crippen molar-refractivity contribution < 1.29 is 23.9 Å². The number of hydrogen-bond acceptors (Lipinski definition) is 7. The van der Waals surface area contributed by atoms with Crippen LogP contribution in [0.4, 0.5) is 5.82 Å². The lowest BCUT2D eigenvalue weighted by Gasteiger charge is -2.11. The zero-order valence-corrected chi connectivity index (χ0v) is 16.0. The third kappa shape index (κ3) is 4.57. The van der Waals surface area contributed by atoms with Gasteiger partial charge >= 0.3 is 11.9 Å². The summed E-state index contributed by atoms with van der Waals surface area (Å²) in [7, 11) is 1.25. The molecule has 29 heavy (non-hydrogen) atoms. The van der Waals surface area contributed by atoms with E-state index in [9.17, 15) is 14.4 Å². The predicted octanol–water partition coefficient (Wildman–Crippen LogP) is 2.49. The van der Waals surface area contributed by atoms with Gasteiger partial charge < -0.3 is 14.8 Å². The second-order valence-corrected chi connectivity index (χ2v) is 6.03. The number of fused-ring (bicyclic) bond motifs is 1. The van der Waals surface area contributed by atoms with Crippen molar-refractivity contribution in [1.82, 2.24) is 14.8 Å². The number of anilines is 1. The van der Waals surface area contributed by atoms with Gasteiger partial charge in [0.25, 0.3) is 0 Å². The topological polar surface area (TPSA) is 112 Å². The van der Waals surface area contributed by atoms with E-state index in [-0.39, 0.29) is 30.8 Å². The van der Waals surface area contributed by atoms with Crippen LogP contribution in [0.1, 0.15) is 30.1 Å². The molecule has 3 aromatic rings. The number of pyridine rings is 1. The highest BCUT2D eigenvalue weighted by molar-refractivity contribution is 6.01. The minimum Gasteiger partial charge on any atom is -0.469 e. The average Bonchev–Trinajstić information content (AvgIpc) is 3.15. The first kappa shape index (κ1) is 20.0. The Labute approximate surface area is 166 Å². The molecule has 9 heteroatoms. The van der Waals surface area contributed by atoms with E-state index in [0.717, 1.165) is 10.9 Å². The Morgan fingerprint density at radius 1 is 1.10 bits per heavy atom. The minimum atomic E-state index is -0.622. The van der Waals surface area contributed by atoms with Gasteiger partial charge in [0, 0.05) is 11.8 Å². The molecule has 150 valence electrons. The maximum atomic E-state index is 12.3. The lowest BCUT2D eigenvalue weighted by atomic mass is 10.2. The van der Waals surface area contributed by atoms with Crippen LogP contribution in [0.3, 0.4) is 0 Å². The number of esters is 2. The molecule has 1 aromatic carbocycles. The van der Waals surface area contributed by atoms with Crippen molar-refractivity contribution in [3.05, 3.63) is 48.2 Å². The first-order valence-corrected chi connectivity index (χ1v) is 9.01. The molecule has 0 saturated heterocycles. The van der Waals surface area contributed by atoms with Gasteiger partial charge in [-0.2, -0.15) is 9.78 Å². The first-order valence-electron chi connectivity index (χ1n) is 9.01. The number of benzene rings is 1. The molecule has 0 bridgehead atoms. The number of nitrogens with one attached hydrogen (secondary N) is 1. The van der Waals surface area contributed by atoms with E-state index in [1.54, 1.807) is 13.0 Å². The average molecular weight is 396 g/mol. The van der Waals surface area contributed by atoms with Crippen LogP contribution in [-0.2, 0) is 19.1 Å². The fourth-order valence-corrected chi connectivity index (χ4v) is 2.69. The van der Waals surface area contributed by atoms with Gasteiger partial charge in [-0.05, 0) is 25.1 Å². The molecule has 0 atom stereocenters. The number of rotatable bonds is 7. The molecule has 0 aliphatic rings. The van der Waals surface area contributed by atoms with Crippen LogP contribution in [0.15, 0.2) is 42.6 Å². The number of hydrogen-bond donors (Lipinski definition) is 1. The number of para-hydroxylation sites is 1. The third-order valence-corrected chi connectivity index (χ3v) is 4.11. The van der Waals surface area contributed by atoms with Crippen molar-refractivity contribution in [1.29, 1.82) is 0 Å². The van der Waals surface area contributed by atoms with E-state index in [4.69, 9.17) is 4.74 Å². The highest BCUT2D eigenvalue weighted by Gasteiger charge is 2.22. The number of amides is 1. The summed E-state index contributed by atoms with van der Waals surface area (Å²) in [6.07, 6.45) is 1.12. The Kier molecular flexibility index (Phi) is 6.18. The summed E-state index contributed by atoms with van der Waals surface area (Å²) in [6, 6.07) is 11.1. The van der Waals surface area contributed by atoms with E-state index in [1.807, 2.05) is 30.3 Å². The summed E-state index contributed by atoms with van der Waals surface area (Å²) in [4.78, 5) is 40.5. The standard InChI is InChI=1S/C20H20N4O5/c1-3-29-20(27)14-12-21-24(19(14)23-17(25)10-11-18(26)28-2)16-9-8-13-6-4-5-7-15(13)22-16/h4-9,12H,3,10-11H2,1-2H3,(H,23,25). The van der Waals surface area contributed by atoms with Crippen molar-refractivity contribution in [2.45, 2.75) is 19.8 Å². The molecular weight excluding hydrogens is 376 g/mol. The van der Waals surface area contributed by atoms with Crippen LogP contribution < -0.4 is 5.32 Å². The van der Waals surface area contributed by atoms with Crippen LogP contribution in [0.25, 0.3) is 16.7 Å². The summed E-state index contributed by atoms with van der Waals surface area (Å²) in [6.45, 7) is 1.86. The Morgan fingerprint density at radius 3 is 2.66 bits per heavy atom. The molecular formula is C20H20N4O5. The van der Waals surface area contributed by atoms with E-state index in [1.165, 1.54) is 18.0 Å². The highest BCUT2D eigenvalue weighted by Crippen LogP contribution is 2.22. The SMILES string of the molecule is CCOC(=O)c1cnn(-c2ccc3ccccc3n2)c1NC(=O)CCC(=O)OC. The van der Waals surface area contributed by atoms with Gasteiger partial charge in [-0.1, -0.05) is 18.2 Å². The van der Waals surface area contributed by atoms with E-state index in [0.29, 0.717) is 5.82 Å². The van der Waals surface area contributed by atoms with Gasteiger partial charge in [0.1, 0.15) is 5.56 Å². The second-order valence-electron chi connectivity index (χ2n) is 6.03. The largest absolute Gasteiger partial charge is 0.469 e. The lowest BCUT2D eigenvalue weighted by Crippen LogP contribution is -2.19. The van der Waals surface area contributed by atoms with Crippen LogP contribution in [0.2, 0.25) is 0 Å². The lowest BCUT2D eigenvalue weighted by molar-refractivity contribution is -0.141. The van der Waals surface area contributed by atoms with Gasteiger partial charge in [0.2, 0.25) is 5.91 Å². The third-order valence-electron chi connectivity index (χ3n) is 4.11. The van der Waals surface area contributed by atoms with Gasteiger partial charge in [-0.15, -0.1) is 0 Å². The summed E-state index contributed by atoms with van der Waals surface area (Å²) >= 11 is 0. The smallest absolute Gasteiger partial charge is 0.343 e. The molecule has 0 spiro atoms. The first-order chi connectivity index (χ1) is 14.0. The van der Waals surface area contributed by atoms with Crippen molar-refractivity contribution >= 4 is 34.6 Å². The fourth-order valence-electron chi connectivity index (χ4n) is 2.69. The van der Waals surface area contributed by atoms with Gasteiger partial charge in [0.15, 0.2) is 11.6 Å². The molecule has 0 fully saturated rings. The second kappa shape index (κ2) is 8.96. The molecule has 0 aliphatic carbocycles. The van der Waals surface area contributed by atoms with Crippen LogP contribution in [-0.4, -0.2) is 46.3 Å². The Morgan fingerprint density at radius 2 is 1.90 bits per heavy atom. The number of carbonyl (C=O) groups is 3. The fraction of sp³-hybridized carbons (Fsp3) is 0.250. The molecule has 0 aliphatic heterocycles. The van der Waals surface area contributed by atoms with E-state index >= 15 is 0 Å². The molecule has 0 saturated carbocycles. The zero-order chi connectivity index (χ0) is 20.8. The quantitative estimate of drug-likeness (QED) is 0.611. The molecule has 9 nitrogen and oxygen atoms in total. The van der Waals surface area contributed by atoms with Gasteiger partial charge in [-0.25, -0.2) is 9.78 Å². The minimum absolute atomic E-state index is 0.0839. The highest BCUT2D eigenvalue weighted by atomic mass is 16.5. The molecule has 0 radical (unpaired) electrons. The normalized spacial score (nSPS) is 10.6. The number of ether oxygens (including phenoxy) is 2. The summed E-state index contributed by atoms with van der Waals surface area (Å²) < 4.78 is 10.9. The van der Waals surface area contributed by atoms with Crippen molar-refractivity contribution in [3.63, 3.8) is 0 Å². The van der Waals surface area contributed by atoms with Crippen LogP contribution in [0, 0.1) is 0 Å². The summed E-state index contributed by atoms with van der Waals surface area (Å²) in [5, 5.41) is 7.79. The number of carbonyl (C=O) groups excluding carboxylic acids is 3. The Bertz CT molecular complexity index is 1060. The molecule has 1 N–H and O–H groups in total. The molecule has 2 heterocycles. The molecule has 0 unspecified atom stereocenters. The van der Waals surface area contributed by atoms with E-state index in [2.05, 4.69) is 20.1 Å². The van der Waals surface area contributed by atoms with Crippen molar-refractivity contribution in [2.75, 3.05) is 19.0 Å². The van der Waals surface area contributed by atoms with Crippen molar-refractivity contribution in [3.8, 4) is 5.82 Å². The number of methoxy groups -OCH3 is 1. The molecule has 1 amide bonds. The van der Waals surface area contributed by atoms with Crippen molar-refractivity contribution in [2.24, 2.45) is 0 Å². The maximum absolute atomic E-state index is 12.3. The monoisotopic (exact) mass is 396 g/mol. The number of nitrogens with zero attached hydrogens (tertiary/aromatic N) is 3.